The van der Waals surface area contributed by atoms with E-state index in [0.29, 0.717) is 18.0 Å². The van der Waals surface area contributed by atoms with E-state index in [9.17, 15) is 8.42 Å². The van der Waals surface area contributed by atoms with Gasteiger partial charge in [0, 0.05) is 24.6 Å². The summed E-state index contributed by atoms with van der Waals surface area (Å²) in [5, 5.41) is 0. The third-order valence-electron chi connectivity index (χ3n) is 4.74. The number of para-hydroxylation sites is 1. The van der Waals surface area contributed by atoms with E-state index >= 15 is 0 Å². The lowest BCUT2D eigenvalue weighted by Crippen LogP contribution is -2.40. The number of sulfonamides is 1. The van der Waals surface area contributed by atoms with Crippen molar-refractivity contribution in [3.05, 3.63) is 59.7 Å². The van der Waals surface area contributed by atoms with Crippen LogP contribution in [0.3, 0.4) is 0 Å². The number of ether oxygens (including phenoxy) is 1. The van der Waals surface area contributed by atoms with E-state index in [4.69, 9.17) is 4.74 Å². The lowest BCUT2D eigenvalue weighted by molar-refractivity contribution is 0.0900. The van der Waals surface area contributed by atoms with Crippen LogP contribution in [0.15, 0.2) is 53.4 Å². The summed E-state index contributed by atoms with van der Waals surface area (Å²) in [5.74, 6) is 0.227. The molecule has 5 heteroatoms. The van der Waals surface area contributed by atoms with Crippen molar-refractivity contribution in [2.45, 2.75) is 24.3 Å². The van der Waals surface area contributed by atoms with Gasteiger partial charge in [-0.05, 0) is 31.5 Å². The fourth-order valence-electron chi connectivity index (χ4n) is 3.50. The Morgan fingerprint density at radius 3 is 2.61 bits per heavy atom. The fourth-order valence-corrected chi connectivity index (χ4v) is 5.04. The molecular weight excluding hydrogens is 310 g/mol. The predicted molar refractivity (Wildman–Crippen MR) is 89.0 cm³/mol. The normalized spacial score (nSPS) is 23.4. The van der Waals surface area contributed by atoms with E-state index in [1.54, 1.807) is 16.4 Å². The summed E-state index contributed by atoms with van der Waals surface area (Å²) in [6.45, 7) is 3.13. The number of hydrogen-bond acceptors (Lipinski definition) is 3. The molecule has 1 fully saturated rings. The molecule has 2 aliphatic heterocycles. The minimum absolute atomic E-state index is 0.0238. The molecule has 4 nitrogen and oxygen atoms in total. The van der Waals surface area contributed by atoms with Gasteiger partial charge in [-0.1, -0.05) is 35.9 Å². The summed E-state index contributed by atoms with van der Waals surface area (Å²) in [6.07, 6.45) is 0.925. The van der Waals surface area contributed by atoms with Gasteiger partial charge in [0.2, 0.25) is 0 Å². The van der Waals surface area contributed by atoms with Crippen LogP contribution in [-0.4, -0.2) is 21.6 Å². The second-order valence-corrected chi connectivity index (χ2v) is 8.11. The van der Waals surface area contributed by atoms with Crippen molar-refractivity contribution in [1.82, 2.24) is 0 Å². The first-order chi connectivity index (χ1) is 11.1. The molecule has 0 N–H and O–H groups in total. The fraction of sp³-hybridized carbons (Fsp3) is 0.333. The monoisotopic (exact) mass is 329 g/mol. The molecule has 0 unspecified atom stereocenters. The van der Waals surface area contributed by atoms with Gasteiger partial charge < -0.3 is 4.74 Å². The molecule has 2 aromatic rings. The molecule has 1 saturated heterocycles. The first-order valence-electron chi connectivity index (χ1n) is 7.87. The maximum Gasteiger partial charge on any atom is 0.264 e. The van der Waals surface area contributed by atoms with Crippen LogP contribution in [0.2, 0.25) is 0 Å². The van der Waals surface area contributed by atoms with E-state index < -0.39 is 10.0 Å². The zero-order valence-electron chi connectivity index (χ0n) is 13.0. The van der Waals surface area contributed by atoms with Gasteiger partial charge in [0.15, 0.2) is 0 Å². The number of fused-ring (bicyclic) bond motifs is 3. The molecule has 4 rings (SSSR count). The van der Waals surface area contributed by atoms with Crippen LogP contribution in [0.5, 0.6) is 0 Å². The summed E-state index contributed by atoms with van der Waals surface area (Å²) < 4.78 is 33.7. The number of aryl methyl sites for hydroxylation is 1. The molecule has 0 saturated carbocycles. The Hall–Kier alpha value is -1.85. The van der Waals surface area contributed by atoms with Gasteiger partial charge in [0.05, 0.1) is 16.7 Å². The second kappa shape index (κ2) is 5.35. The molecule has 2 aliphatic rings. The topological polar surface area (TPSA) is 46.6 Å². The van der Waals surface area contributed by atoms with Crippen LogP contribution in [0.25, 0.3) is 0 Å². The Bertz CT molecular complexity index is 830. The zero-order valence-corrected chi connectivity index (χ0v) is 13.8. The number of anilines is 1. The number of rotatable bonds is 2. The van der Waals surface area contributed by atoms with Crippen LogP contribution in [-0.2, 0) is 14.8 Å². The van der Waals surface area contributed by atoms with Crippen LogP contribution in [0, 0.1) is 12.8 Å². The Labute approximate surface area is 136 Å². The summed E-state index contributed by atoms with van der Waals surface area (Å²) in [6, 6.07) is 14.7. The quantitative estimate of drug-likeness (QED) is 0.849. The maximum absolute atomic E-state index is 13.1. The van der Waals surface area contributed by atoms with Gasteiger partial charge in [0.1, 0.15) is 0 Å². The SMILES string of the molecule is Cc1ccc(S(=O)(=O)N2C[C@H]3CCO[C@H]3c3ccccc32)cc1. The highest BCUT2D eigenvalue weighted by Crippen LogP contribution is 2.45. The molecule has 0 radical (unpaired) electrons. The van der Waals surface area contributed by atoms with Crippen molar-refractivity contribution in [3.63, 3.8) is 0 Å². The van der Waals surface area contributed by atoms with E-state index in [1.165, 1.54) is 0 Å². The zero-order chi connectivity index (χ0) is 16.0. The van der Waals surface area contributed by atoms with Gasteiger partial charge in [-0.15, -0.1) is 0 Å². The van der Waals surface area contributed by atoms with Crippen LogP contribution in [0.1, 0.15) is 23.7 Å². The standard InChI is InChI=1S/C18H19NO3S/c1-13-6-8-15(9-7-13)23(20,21)19-12-14-10-11-22-18(14)16-4-2-3-5-17(16)19/h2-9,14,18H,10-12H2,1H3/t14-,18-/m1/s1. The van der Waals surface area contributed by atoms with Gasteiger partial charge in [-0.3, -0.25) is 4.31 Å². The molecule has 0 aliphatic carbocycles. The maximum atomic E-state index is 13.1. The Morgan fingerprint density at radius 1 is 1.09 bits per heavy atom. The molecule has 2 atom stereocenters. The lowest BCUT2D eigenvalue weighted by atomic mass is 9.91. The summed E-state index contributed by atoms with van der Waals surface area (Å²) >= 11 is 0. The first-order valence-corrected chi connectivity index (χ1v) is 9.31. The van der Waals surface area contributed by atoms with Crippen molar-refractivity contribution in [3.8, 4) is 0 Å². The van der Waals surface area contributed by atoms with Crippen LogP contribution >= 0.6 is 0 Å². The molecule has 0 amide bonds. The molecule has 2 aromatic carbocycles. The Kier molecular flexibility index (Phi) is 3.43. The highest BCUT2D eigenvalue weighted by atomic mass is 32.2. The van der Waals surface area contributed by atoms with Crippen molar-refractivity contribution in [2.75, 3.05) is 17.5 Å². The Morgan fingerprint density at radius 2 is 1.83 bits per heavy atom. The van der Waals surface area contributed by atoms with E-state index in [1.807, 2.05) is 43.3 Å². The highest BCUT2D eigenvalue weighted by molar-refractivity contribution is 7.92. The van der Waals surface area contributed by atoms with Gasteiger partial charge >= 0.3 is 0 Å². The smallest absolute Gasteiger partial charge is 0.264 e. The molecule has 0 aromatic heterocycles. The molecule has 120 valence electrons. The predicted octanol–water partition coefficient (Wildman–Crippen LogP) is 3.28. The van der Waals surface area contributed by atoms with Crippen LogP contribution in [0.4, 0.5) is 5.69 Å². The third-order valence-corrected chi connectivity index (χ3v) is 6.53. The van der Waals surface area contributed by atoms with E-state index in [2.05, 4.69) is 0 Å². The molecule has 0 bridgehead atoms. The van der Waals surface area contributed by atoms with Gasteiger partial charge in [-0.2, -0.15) is 0 Å². The summed E-state index contributed by atoms with van der Waals surface area (Å²) in [4.78, 5) is 0.343. The average molecular weight is 329 g/mol. The van der Waals surface area contributed by atoms with E-state index in [0.717, 1.165) is 23.2 Å². The van der Waals surface area contributed by atoms with Crippen LogP contribution < -0.4 is 4.31 Å². The summed E-state index contributed by atoms with van der Waals surface area (Å²) in [7, 11) is -3.55. The average Bonchev–Trinajstić information content (AvgIpc) is 3.03. The third kappa shape index (κ3) is 2.35. The van der Waals surface area contributed by atoms with Crippen molar-refractivity contribution >= 4 is 15.7 Å². The second-order valence-electron chi connectivity index (χ2n) is 6.25. The van der Waals surface area contributed by atoms with Gasteiger partial charge in [-0.25, -0.2) is 8.42 Å². The van der Waals surface area contributed by atoms with Gasteiger partial charge in [0.25, 0.3) is 10.0 Å². The lowest BCUT2D eigenvalue weighted by Gasteiger charge is -2.36. The molecule has 23 heavy (non-hydrogen) atoms. The van der Waals surface area contributed by atoms with Crippen molar-refractivity contribution < 1.29 is 13.2 Å². The largest absolute Gasteiger partial charge is 0.373 e. The Balaban J connectivity index is 1.82. The molecule has 0 spiro atoms. The van der Waals surface area contributed by atoms with E-state index in [-0.39, 0.29) is 12.0 Å². The highest BCUT2D eigenvalue weighted by Gasteiger charge is 2.41. The first kappa shape index (κ1) is 14.7. The minimum Gasteiger partial charge on any atom is -0.373 e. The van der Waals surface area contributed by atoms with Crippen molar-refractivity contribution in [1.29, 1.82) is 0 Å². The molecular formula is C18H19NO3S. The number of nitrogens with zero attached hydrogens (tertiary/aromatic N) is 1. The number of hydrogen-bond donors (Lipinski definition) is 0. The number of benzene rings is 2. The summed E-state index contributed by atoms with van der Waals surface area (Å²) in [5.41, 5.74) is 2.78. The van der Waals surface area contributed by atoms with Crippen molar-refractivity contribution in [2.24, 2.45) is 5.92 Å². The minimum atomic E-state index is -3.55. The molecule has 2 heterocycles.